The first-order chi connectivity index (χ1) is 7.80. The lowest BCUT2D eigenvalue weighted by atomic mass is 9.78. The lowest BCUT2D eigenvalue weighted by Gasteiger charge is -2.56. The van der Waals surface area contributed by atoms with Gasteiger partial charge in [-0.1, -0.05) is 0 Å². The minimum Gasteiger partial charge on any atom is -0.368 e. The second-order valence-electron chi connectivity index (χ2n) is 5.13. The van der Waals surface area contributed by atoms with Crippen molar-refractivity contribution in [1.82, 2.24) is 9.88 Å². The van der Waals surface area contributed by atoms with Gasteiger partial charge in [0.15, 0.2) is 0 Å². The van der Waals surface area contributed by atoms with E-state index >= 15 is 0 Å². The molecule has 0 amide bonds. The zero-order chi connectivity index (χ0) is 11.0. The molecule has 1 spiro atoms. The molecule has 1 aromatic rings. The van der Waals surface area contributed by atoms with Gasteiger partial charge < -0.3 is 4.90 Å². The van der Waals surface area contributed by atoms with Crippen molar-refractivity contribution in [3.8, 4) is 0 Å². The zero-order valence-corrected chi connectivity index (χ0v) is 9.89. The number of pyridine rings is 1. The predicted octanol–water partition coefficient (Wildman–Crippen LogP) is 1.76. The first-order valence-corrected chi connectivity index (χ1v) is 6.16. The maximum atomic E-state index is 4.22. The molecule has 0 bridgehead atoms. The van der Waals surface area contributed by atoms with E-state index in [2.05, 4.69) is 27.9 Å². The van der Waals surface area contributed by atoms with Gasteiger partial charge in [-0.2, -0.15) is 0 Å². The van der Waals surface area contributed by atoms with Crippen molar-refractivity contribution in [3.63, 3.8) is 0 Å². The highest BCUT2D eigenvalue weighted by Gasteiger charge is 2.44. The van der Waals surface area contributed by atoms with E-state index in [9.17, 15) is 0 Å². The third-order valence-corrected chi connectivity index (χ3v) is 4.29. The fourth-order valence-electron chi connectivity index (χ4n) is 3.04. The van der Waals surface area contributed by atoms with Gasteiger partial charge in [0.25, 0.3) is 0 Å². The third-order valence-electron chi connectivity index (χ3n) is 4.29. The van der Waals surface area contributed by atoms with Crippen LogP contribution in [0.3, 0.4) is 0 Å². The maximum absolute atomic E-state index is 4.22. The van der Waals surface area contributed by atoms with Crippen molar-refractivity contribution in [1.29, 1.82) is 0 Å². The van der Waals surface area contributed by atoms with Crippen LogP contribution in [0.25, 0.3) is 0 Å². The molecule has 0 aromatic carbocycles. The minimum atomic E-state index is 0.466. The Morgan fingerprint density at radius 3 is 2.88 bits per heavy atom. The Labute approximate surface area is 97.1 Å². The third kappa shape index (κ3) is 1.50. The van der Waals surface area contributed by atoms with Crippen LogP contribution in [0.2, 0.25) is 0 Å². The van der Waals surface area contributed by atoms with E-state index in [0.29, 0.717) is 5.54 Å². The number of nitrogens with zero attached hydrogens (tertiary/aromatic N) is 3. The summed E-state index contributed by atoms with van der Waals surface area (Å²) in [6, 6.07) is 4.20. The van der Waals surface area contributed by atoms with Crippen LogP contribution in [0.1, 0.15) is 19.3 Å². The maximum Gasteiger partial charge on any atom is 0.0553 e. The average molecular weight is 217 g/mol. The molecule has 2 saturated heterocycles. The van der Waals surface area contributed by atoms with Gasteiger partial charge in [-0.25, -0.2) is 0 Å². The SMILES string of the molecule is CN1CCC12CCCN(c1cccnc1)C2. The van der Waals surface area contributed by atoms with Crippen molar-refractivity contribution >= 4 is 5.69 Å². The van der Waals surface area contributed by atoms with Crippen molar-refractivity contribution in [3.05, 3.63) is 24.5 Å². The molecule has 0 saturated carbocycles. The van der Waals surface area contributed by atoms with Gasteiger partial charge in [0.05, 0.1) is 11.9 Å². The second-order valence-corrected chi connectivity index (χ2v) is 5.13. The largest absolute Gasteiger partial charge is 0.368 e. The molecular weight excluding hydrogens is 198 g/mol. The number of hydrogen-bond donors (Lipinski definition) is 0. The van der Waals surface area contributed by atoms with Gasteiger partial charge in [0.1, 0.15) is 0 Å². The molecule has 0 radical (unpaired) electrons. The molecule has 86 valence electrons. The molecule has 2 aliphatic heterocycles. The Morgan fingerprint density at radius 1 is 1.31 bits per heavy atom. The summed E-state index contributed by atoms with van der Waals surface area (Å²) in [4.78, 5) is 9.23. The van der Waals surface area contributed by atoms with E-state index in [1.54, 1.807) is 0 Å². The highest BCUT2D eigenvalue weighted by atomic mass is 15.3. The lowest BCUT2D eigenvalue weighted by molar-refractivity contribution is -0.000470. The van der Waals surface area contributed by atoms with E-state index in [4.69, 9.17) is 0 Å². The molecule has 0 N–H and O–H groups in total. The average Bonchev–Trinajstić information content (AvgIpc) is 2.38. The Balaban J connectivity index is 1.78. The number of rotatable bonds is 1. The summed E-state index contributed by atoms with van der Waals surface area (Å²) in [5.74, 6) is 0. The lowest BCUT2D eigenvalue weighted by Crippen LogP contribution is -2.65. The first-order valence-electron chi connectivity index (χ1n) is 6.16. The Morgan fingerprint density at radius 2 is 2.25 bits per heavy atom. The van der Waals surface area contributed by atoms with E-state index in [1.165, 1.54) is 44.6 Å². The van der Waals surface area contributed by atoms with Gasteiger partial charge in [-0.15, -0.1) is 0 Å². The van der Waals surface area contributed by atoms with Gasteiger partial charge in [0, 0.05) is 31.4 Å². The number of aromatic nitrogens is 1. The Hall–Kier alpha value is -1.09. The van der Waals surface area contributed by atoms with Crippen LogP contribution in [0, 0.1) is 0 Å². The fourth-order valence-corrected chi connectivity index (χ4v) is 3.04. The first kappa shape index (κ1) is 10.1. The minimum absolute atomic E-state index is 0.466. The monoisotopic (exact) mass is 217 g/mol. The number of likely N-dealkylation sites (N-methyl/N-ethyl adjacent to an activating group) is 1. The number of hydrogen-bond acceptors (Lipinski definition) is 3. The normalized spacial score (nSPS) is 30.4. The summed E-state index contributed by atoms with van der Waals surface area (Å²) in [7, 11) is 2.26. The Bertz CT molecular complexity index is 365. The highest BCUT2D eigenvalue weighted by Crippen LogP contribution is 2.38. The number of likely N-dealkylation sites (tertiary alicyclic amines) is 1. The summed E-state index contributed by atoms with van der Waals surface area (Å²) >= 11 is 0. The van der Waals surface area contributed by atoms with Crippen LogP contribution in [0.5, 0.6) is 0 Å². The van der Waals surface area contributed by atoms with Crippen molar-refractivity contribution < 1.29 is 0 Å². The van der Waals surface area contributed by atoms with E-state index in [-0.39, 0.29) is 0 Å². The zero-order valence-electron chi connectivity index (χ0n) is 9.89. The number of anilines is 1. The Kier molecular flexibility index (Phi) is 2.36. The molecule has 2 aliphatic rings. The van der Waals surface area contributed by atoms with Crippen molar-refractivity contribution in [2.24, 2.45) is 0 Å². The van der Waals surface area contributed by atoms with E-state index in [1.807, 2.05) is 18.5 Å². The molecule has 3 heterocycles. The summed E-state index contributed by atoms with van der Waals surface area (Å²) < 4.78 is 0. The molecular formula is C13H19N3. The van der Waals surface area contributed by atoms with Crippen LogP contribution < -0.4 is 4.90 Å². The van der Waals surface area contributed by atoms with Gasteiger partial charge >= 0.3 is 0 Å². The quantitative estimate of drug-likeness (QED) is 0.714. The highest BCUT2D eigenvalue weighted by molar-refractivity contribution is 5.45. The molecule has 0 aliphatic carbocycles. The van der Waals surface area contributed by atoms with Crippen molar-refractivity contribution in [2.45, 2.75) is 24.8 Å². The smallest absolute Gasteiger partial charge is 0.0553 e. The molecule has 1 aromatic heterocycles. The van der Waals surface area contributed by atoms with Gasteiger partial charge in [-0.3, -0.25) is 9.88 Å². The van der Waals surface area contributed by atoms with Crippen LogP contribution >= 0.6 is 0 Å². The van der Waals surface area contributed by atoms with Crippen molar-refractivity contribution in [2.75, 3.05) is 31.6 Å². The van der Waals surface area contributed by atoms with Crippen LogP contribution in [-0.4, -0.2) is 42.1 Å². The topological polar surface area (TPSA) is 19.4 Å². The van der Waals surface area contributed by atoms with Crippen LogP contribution in [0.15, 0.2) is 24.5 Å². The summed E-state index contributed by atoms with van der Waals surface area (Å²) in [5, 5.41) is 0. The second kappa shape index (κ2) is 3.74. The summed E-state index contributed by atoms with van der Waals surface area (Å²) in [5.41, 5.74) is 1.75. The van der Waals surface area contributed by atoms with Gasteiger partial charge in [-0.05, 0) is 38.4 Å². The predicted molar refractivity (Wildman–Crippen MR) is 65.7 cm³/mol. The number of piperidine rings is 1. The molecule has 3 nitrogen and oxygen atoms in total. The molecule has 1 atom stereocenters. The summed E-state index contributed by atoms with van der Waals surface area (Å²) in [6.07, 6.45) is 7.86. The molecule has 3 rings (SSSR count). The van der Waals surface area contributed by atoms with Crippen LogP contribution in [-0.2, 0) is 0 Å². The van der Waals surface area contributed by atoms with E-state index in [0.717, 1.165) is 0 Å². The van der Waals surface area contributed by atoms with E-state index < -0.39 is 0 Å². The molecule has 1 unspecified atom stereocenters. The molecule has 2 fully saturated rings. The molecule has 16 heavy (non-hydrogen) atoms. The standard InChI is InChI=1S/C13H19N3/c1-15-9-6-13(15)5-3-8-16(11-13)12-4-2-7-14-10-12/h2,4,7,10H,3,5-6,8-9,11H2,1H3. The van der Waals surface area contributed by atoms with Gasteiger partial charge in [0.2, 0.25) is 0 Å². The fraction of sp³-hybridized carbons (Fsp3) is 0.615. The summed E-state index contributed by atoms with van der Waals surface area (Å²) in [6.45, 7) is 3.62. The van der Waals surface area contributed by atoms with Crippen LogP contribution in [0.4, 0.5) is 5.69 Å². The molecule has 3 heteroatoms.